The number of likely N-dealkylation sites (tertiary alicyclic amines) is 1. The Hall–Kier alpha value is -2.54. The van der Waals surface area contributed by atoms with Crippen molar-refractivity contribution in [3.05, 3.63) is 35.8 Å². The molecule has 7 nitrogen and oxygen atoms in total. The summed E-state index contributed by atoms with van der Waals surface area (Å²) in [5, 5.41) is 3.80. The lowest BCUT2D eigenvalue weighted by Crippen LogP contribution is -2.55. The van der Waals surface area contributed by atoms with Crippen LogP contribution in [0.4, 0.5) is 4.79 Å². The first kappa shape index (κ1) is 21.0. The van der Waals surface area contributed by atoms with Crippen LogP contribution in [0.2, 0.25) is 0 Å². The van der Waals surface area contributed by atoms with Gasteiger partial charge in [0.2, 0.25) is 0 Å². The van der Waals surface area contributed by atoms with Gasteiger partial charge in [0, 0.05) is 50.0 Å². The number of carbonyl (C=O) groups excluding carboxylic acids is 1. The second-order valence-electron chi connectivity index (χ2n) is 10.3. The maximum absolute atomic E-state index is 12.3. The average molecular weight is 451 g/mol. The SMILES string of the molecule is CCOC(=O)N1CCC2(CC1)Oc1ccccc1-c1nc(C3CCNC4(CCC4)C3)n(C)c12. The van der Waals surface area contributed by atoms with Crippen molar-refractivity contribution >= 4 is 6.09 Å². The number of nitrogens with one attached hydrogen (secondary N) is 1. The first-order valence-electron chi connectivity index (χ1n) is 12.6. The van der Waals surface area contributed by atoms with Crippen LogP contribution in [-0.4, -0.2) is 52.3 Å². The minimum Gasteiger partial charge on any atom is -0.480 e. The molecule has 1 unspecified atom stereocenters. The van der Waals surface area contributed by atoms with E-state index in [1.54, 1.807) is 0 Å². The molecule has 1 saturated carbocycles. The van der Waals surface area contributed by atoms with Gasteiger partial charge in [0.15, 0.2) is 5.60 Å². The summed E-state index contributed by atoms with van der Waals surface area (Å²) in [5.41, 5.74) is 3.20. The Morgan fingerprint density at radius 2 is 2.03 bits per heavy atom. The smallest absolute Gasteiger partial charge is 0.409 e. The quantitative estimate of drug-likeness (QED) is 0.738. The molecule has 0 radical (unpaired) electrons. The van der Waals surface area contributed by atoms with E-state index in [9.17, 15) is 4.79 Å². The Bertz CT molecular complexity index is 1070. The number of fused-ring (bicyclic) bond motifs is 4. The minimum absolute atomic E-state index is 0.227. The monoisotopic (exact) mass is 450 g/mol. The number of rotatable bonds is 2. The lowest BCUT2D eigenvalue weighted by Gasteiger charge is -2.48. The number of para-hydroxylation sites is 1. The Balaban J connectivity index is 1.38. The van der Waals surface area contributed by atoms with Crippen molar-refractivity contribution in [2.75, 3.05) is 26.2 Å². The number of carbonyl (C=O) groups is 1. The number of nitrogens with zero attached hydrogens (tertiary/aromatic N) is 3. The van der Waals surface area contributed by atoms with Gasteiger partial charge in [-0.2, -0.15) is 0 Å². The van der Waals surface area contributed by atoms with Crippen LogP contribution in [0.25, 0.3) is 11.3 Å². The molecular weight excluding hydrogens is 416 g/mol. The number of hydrogen-bond donors (Lipinski definition) is 1. The molecule has 7 heteroatoms. The van der Waals surface area contributed by atoms with Gasteiger partial charge in [-0.3, -0.25) is 0 Å². The van der Waals surface area contributed by atoms with Crippen LogP contribution in [0, 0.1) is 0 Å². The predicted octanol–water partition coefficient (Wildman–Crippen LogP) is 4.32. The molecule has 6 rings (SSSR count). The highest BCUT2D eigenvalue weighted by Gasteiger charge is 2.49. The van der Waals surface area contributed by atoms with Crippen molar-refractivity contribution in [2.45, 2.75) is 68.9 Å². The third-order valence-corrected chi connectivity index (χ3v) is 8.41. The number of aromatic nitrogens is 2. The van der Waals surface area contributed by atoms with Gasteiger partial charge in [-0.25, -0.2) is 9.78 Å². The summed E-state index contributed by atoms with van der Waals surface area (Å²) in [7, 11) is 2.17. The van der Waals surface area contributed by atoms with Gasteiger partial charge in [-0.15, -0.1) is 0 Å². The lowest BCUT2D eigenvalue weighted by atomic mass is 9.68. The van der Waals surface area contributed by atoms with Crippen molar-refractivity contribution < 1.29 is 14.3 Å². The van der Waals surface area contributed by atoms with E-state index in [1.807, 2.05) is 17.9 Å². The maximum Gasteiger partial charge on any atom is 0.409 e. The molecule has 4 heterocycles. The highest BCUT2D eigenvalue weighted by molar-refractivity contribution is 5.73. The van der Waals surface area contributed by atoms with Crippen molar-refractivity contribution in [2.24, 2.45) is 7.05 Å². The predicted molar refractivity (Wildman–Crippen MR) is 125 cm³/mol. The Morgan fingerprint density at radius 3 is 2.76 bits per heavy atom. The summed E-state index contributed by atoms with van der Waals surface area (Å²) >= 11 is 0. The van der Waals surface area contributed by atoms with Gasteiger partial charge in [-0.05, 0) is 57.7 Å². The van der Waals surface area contributed by atoms with Gasteiger partial charge in [0.1, 0.15) is 11.6 Å². The molecule has 0 bridgehead atoms. The molecule has 2 saturated heterocycles. The Morgan fingerprint density at radius 1 is 1.24 bits per heavy atom. The normalized spacial score (nSPS) is 24.5. The molecule has 1 aromatic carbocycles. The van der Waals surface area contributed by atoms with Crippen LogP contribution in [0.3, 0.4) is 0 Å². The molecule has 33 heavy (non-hydrogen) atoms. The van der Waals surface area contributed by atoms with E-state index < -0.39 is 5.60 Å². The van der Waals surface area contributed by atoms with Crippen molar-refractivity contribution in [3.63, 3.8) is 0 Å². The van der Waals surface area contributed by atoms with Crippen LogP contribution >= 0.6 is 0 Å². The summed E-state index contributed by atoms with van der Waals surface area (Å²) in [4.78, 5) is 19.5. The number of piperidine rings is 2. The summed E-state index contributed by atoms with van der Waals surface area (Å²) in [6.07, 6.45) is 7.44. The van der Waals surface area contributed by atoms with Crippen molar-refractivity contribution in [3.8, 4) is 17.0 Å². The number of imidazole rings is 1. The molecule has 3 aliphatic heterocycles. The molecule has 176 valence electrons. The fourth-order valence-electron chi connectivity index (χ4n) is 6.57. The molecule has 1 amide bonds. The second-order valence-corrected chi connectivity index (χ2v) is 10.3. The molecule has 1 atom stereocenters. The van der Waals surface area contributed by atoms with E-state index in [-0.39, 0.29) is 6.09 Å². The maximum atomic E-state index is 12.3. The van der Waals surface area contributed by atoms with Crippen LogP contribution in [0.5, 0.6) is 5.75 Å². The zero-order valence-electron chi connectivity index (χ0n) is 19.7. The first-order chi connectivity index (χ1) is 16.0. The number of hydrogen-bond acceptors (Lipinski definition) is 5. The molecule has 1 aliphatic carbocycles. The highest BCUT2D eigenvalue weighted by atomic mass is 16.6. The van der Waals surface area contributed by atoms with E-state index >= 15 is 0 Å². The molecular formula is C26H34N4O3. The van der Waals surface area contributed by atoms with E-state index in [4.69, 9.17) is 14.5 Å². The fraction of sp³-hybridized carbons (Fsp3) is 0.615. The van der Waals surface area contributed by atoms with Crippen LogP contribution in [0.1, 0.15) is 69.3 Å². The highest BCUT2D eigenvalue weighted by Crippen LogP contribution is 2.51. The topological polar surface area (TPSA) is 68.6 Å². The largest absolute Gasteiger partial charge is 0.480 e. The van der Waals surface area contributed by atoms with Crippen LogP contribution in [-0.2, 0) is 17.4 Å². The van der Waals surface area contributed by atoms with Crippen LogP contribution < -0.4 is 10.1 Å². The molecule has 2 spiro atoms. The molecule has 4 aliphatic rings. The van der Waals surface area contributed by atoms with Crippen molar-refractivity contribution in [1.82, 2.24) is 19.8 Å². The number of benzene rings is 1. The van der Waals surface area contributed by atoms with E-state index in [2.05, 4.69) is 35.1 Å². The van der Waals surface area contributed by atoms with Gasteiger partial charge in [0.25, 0.3) is 0 Å². The minimum atomic E-state index is -0.465. The zero-order chi connectivity index (χ0) is 22.6. The first-order valence-corrected chi connectivity index (χ1v) is 12.6. The van der Waals surface area contributed by atoms with Gasteiger partial charge in [0.05, 0.1) is 18.0 Å². The molecule has 3 fully saturated rings. The summed E-state index contributed by atoms with van der Waals surface area (Å²) in [6, 6.07) is 8.28. The fourth-order valence-corrected chi connectivity index (χ4v) is 6.57. The molecule has 2 aromatic rings. The van der Waals surface area contributed by atoms with Crippen LogP contribution in [0.15, 0.2) is 24.3 Å². The van der Waals surface area contributed by atoms with Crippen molar-refractivity contribution in [1.29, 1.82) is 0 Å². The van der Waals surface area contributed by atoms with E-state index in [1.165, 1.54) is 37.2 Å². The number of amides is 1. The van der Waals surface area contributed by atoms with Gasteiger partial charge in [-0.1, -0.05) is 12.1 Å². The second kappa shape index (κ2) is 7.76. The Labute approximate surface area is 195 Å². The van der Waals surface area contributed by atoms with Gasteiger partial charge >= 0.3 is 6.09 Å². The Kier molecular flexibility index (Phi) is 4.94. The lowest BCUT2D eigenvalue weighted by molar-refractivity contribution is -0.0102. The van der Waals surface area contributed by atoms with E-state index in [0.29, 0.717) is 31.2 Å². The zero-order valence-corrected chi connectivity index (χ0v) is 19.7. The standard InChI is InChI=1S/C26H34N4O3/c1-3-32-24(31)30-15-12-26(13-16-30)22-21(19-7-4-5-8-20(19)33-26)28-23(29(22)2)18-9-14-27-25(17-18)10-6-11-25/h4-5,7-8,18,27H,3,6,9-17H2,1-2H3. The third kappa shape index (κ3) is 3.27. The van der Waals surface area contributed by atoms with E-state index in [0.717, 1.165) is 42.8 Å². The average Bonchev–Trinajstić information content (AvgIpc) is 3.17. The summed E-state index contributed by atoms with van der Waals surface area (Å²) in [6.45, 7) is 4.56. The van der Waals surface area contributed by atoms with Gasteiger partial charge < -0.3 is 24.3 Å². The third-order valence-electron chi connectivity index (χ3n) is 8.41. The number of ether oxygens (including phenoxy) is 2. The summed E-state index contributed by atoms with van der Waals surface area (Å²) < 4.78 is 14.4. The molecule has 1 aromatic heterocycles. The molecule has 1 N–H and O–H groups in total. The summed E-state index contributed by atoms with van der Waals surface area (Å²) in [5.74, 6) is 2.56.